The number of nitrogens with zero attached hydrogens (tertiary/aromatic N) is 2. The average molecular weight is 297 g/mol. The third-order valence-corrected chi connectivity index (χ3v) is 4.15. The molecule has 3 rings (SSSR count). The van der Waals surface area contributed by atoms with Crippen LogP contribution in [0.2, 0.25) is 0 Å². The van der Waals surface area contributed by atoms with Crippen LogP contribution in [0.15, 0.2) is 36.5 Å². The van der Waals surface area contributed by atoms with Crippen LogP contribution in [0.3, 0.4) is 0 Å². The Labute approximate surface area is 132 Å². The van der Waals surface area contributed by atoms with Gasteiger partial charge >= 0.3 is 0 Å². The lowest BCUT2D eigenvalue weighted by Gasteiger charge is -2.26. The second-order valence-electron chi connectivity index (χ2n) is 5.71. The minimum atomic E-state index is 0.827. The summed E-state index contributed by atoms with van der Waals surface area (Å²) in [6.45, 7) is 6.68. The highest BCUT2D eigenvalue weighted by Crippen LogP contribution is 2.26. The number of pyridine rings is 1. The number of anilines is 1. The Kier molecular flexibility index (Phi) is 4.71. The van der Waals surface area contributed by atoms with Crippen molar-refractivity contribution in [2.75, 3.05) is 38.7 Å². The van der Waals surface area contributed by atoms with E-state index in [1.807, 2.05) is 13.2 Å². The molecule has 22 heavy (non-hydrogen) atoms. The van der Waals surface area contributed by atoms with Crippen LogP contribution < -0.4 is 5.32 Å². The van der Waals surface area contributed by atoms with Crippen molar-refractivity contribution < 1.29 is 4.74 Å². The largest absolute Gasteiger partial charge is 0.388 e. The second-order valence-corrected chi connectivity index (χ2v) is 5.71. The lowest BCUT2D eigenvalue weighted by atomic mass is 10.0. The molecule has 4 nitrogen and oxygen atoms in total. The average Bonchev–Trinajstić information content (AvgIpc) is 2.57. The Balaban J connectivity index is 1.76. The summed E-state index contributed by atoms with van der Waals surface area (Å²) in [5, 5.41) is 3.19. The zero-order valence-electron chi connectivity index (χ0n) is 13.3. The molecule has 1 saturated heterocycles. The molecule has 1 aromatic carbocycles. The maximum absolute atomic E-state index is 5.38. The monoisotopic (exact) mass is 297 g/mol. The van der Waals surface area contributed by atoms with E-state index in [9.17, 15) is 0 Å². The van der Waals surface area contributed by atoms with Gasteiger partial charge in [-0.25, -0.2) is 0 Å². The van der Waals surface area contributed by atoms with Crippen molar-refractivity contribution >= 4 is 5.69 Å². The van der Waals surface area contributed by atoms with Gasteiger partial charge in [0.1, 0.15) is 0 Å². The van der Waals surface area contributed by atoms with E-state index in [2.05, 4.69) is 52.5 Å². The Morgan fingerprint density at radius 2 is 2.00 bits per heavy atom. The quantitative estimate of drug-likeness (QED) is 0.941. The summed E-state index contributed by atoms with van der Waals surface area (Å²) >= 11 is 0. The van der Waals surface area contributed by atoms with Crippen LogP contribution in [0.4, 0.5) is 5.69 Å². The number of aryl methyl sites for hydroxylation is 1. The molecule has 1 aliphatic heterocycles. The van der Waals surface area contributed by atoms with Crippen molar-refractivity contribution in [3.05, 3.63) is 47.8 Å². The van der Waals surface area contributed by atoms with E-state index in [-0.39, 0.29) is 0 Å². The molecule has 0 unspecified atom stereocenters. The molecule has 0 saturated carbocycles. The predicted octanol–water partition coefficient (Wildman–Crippen LogP) is 2.93. The van der Waals surface area contributed by atoms with Gasteiger partial charge in [-0.2, -0.15) is 0 Å². The van der Waals surface area contributed by atoms with Crippen LogP contribution in [0.5, 0.6) is 0 Å². The van der Waals surface area contributed by atoms with E-state index in [4.69, 9.17) is 4.74 Å². The molecule has 0 bridgehead atoms. The smallest absolute Gasteiger partial charge is 0.0594 e. The van der Waals surface area contributed by atoms with Crippen molar-refractivity contribution in [3.63, 3.8) is 0 Å². The fourth-order valence-corrected chi connectivity index (χ4v) is 2.75. The molecular formula is C18H23N3O. The molecule has 0 amide bonds. The number of hydrogen-bond acceptors (Lipinski definition) is 4. The van der Waals surface area contributed by atoms with Gasteiger partial charge in [0.2, 0.25) is 0 Å². The first kappa shape index (κ1) is 15.0. The first-order valence-corrected chi connectivity index (χ1v) is 7.80. The molecule has 1 N–H and O–H groups in total. The number of hydrogen-bond donors (Lipinski definition) is 1. The van der Waals surface area contributed by atoms with Crippen LogP contribution in [0.25, 0.3) is 11.1 Å². The van der Waals surface area contributed by atoms with Gasteiger partial charge in [-0.1, -0.05) is 12.1 Å². The number of benzene rings is 1. The van der Waals surface area contributed by atoms with Crippen LogP contribution in [0.1, 0.15) is 11.3 Å². The van der Waals surface area contributed by atoms with Crippen LogP contribution in [-0.4, -0.2) is 43.2 Å². The summed E-state index contributed by atoms with van der Waals surface area (Å²) in [7, 11) is 1.94. The molecule has 0 spiro atoms. The highest BCUT2D eigenvalue weighted by Gasteiger charge is 2.11. The number of rotatable bonds is 4. The van der Waals surface area contributed by atoms with E-state index < -0.39 is 0 Å². The number of nitrogens with one attached hydrogen (secondary N) is 1. The Bertz CT molecular complexity index is 619. The first-order chi connectivity index (χ1) is 10.8. The van der Waals surface area contributed by atoms with Gasteiger partial charge in [0.25, 0.3) is 0 Å². The Morgan fingerprint density at radius 1 is 1.18 bits per heavy atom. The molecule has 1 fully saturated rings. The summed E-state index contributed by atoms with van der Waals surface area (Å²) in [6, 6.07) is 10.7. The maximum atomic E-state index is 5.38. The standard InChI is InChI=1S/C18H23N3O/c1-14-3-5-16(19-2)11-18(14)15-4-6-17(20-12-15)13-21-7-9-22-10-8-21/h3-6,11-12,19H,7-10,13H2,1-2H3. The summed E-state index contributed by atoms with van der Waals surface area (Å²) in [6.07, 6.45) is 1.98. The van der Waals surface area contributed by atoms with Gasteiger partial charge in [-0.05, 0) is 36.2 Å². The molecule has 0 atom stereocenters. The zero-order valence-corrected chi connectivity index (χ0v) is 13.3. The van der Waals surface area contributed by atoms with Crippen LogP contribution in [-0.2, 0) is 11.3 Å². The fourth-order valence-electron chi connectivity index (χ4n) is 2.75. The van der Waals surface area contributed by atoms with Gasteiger partial charge in [-0.15, -0.1) is 0 Å². The molecule has 1 aliphatic rings. The normalized spacial score (nSPS) is 15.7. The Morgan fingerprint density at radius 3 is 2.68 bits per heavy atom. The third kappa shape index (κ3) is 3.46. The predicted molar refractivity (Wildman–Crippen MR) is 90.1 cm³/mol. The molecule has 0 aliphatic carbocycles. The lowest BCUT2D eigenvalue weighted by molar-refractivity contribution is 0.0336. The summed E-state index contributed by atoms with van der Waals surface area (Å²) in [4.78, 5) is 7.03. The molecule has 2 heterocycles. The van der Waals surface area contributed by atoms with Gasteiger partial charge in [0.05, 0.1) is 18.9 Å². The second kappa shape index (κ2) is 6.90. The van der Waals surface area contributed by atoms with Crippen molar-refractivity contribution in [1.82, 2.24) is 9.88 Å². The minimum Gasteiger partial charge on any atom is -0.388 e. The first-order valence-electron chi connectivity index (χ1n) is 7.80. The zero-order chi connectivity index (χ0) is 15.4. The SMILES string of the molecule is CNc1ccc(C)c(-c2ccc(CN3CCOCC3)nc2)c1. The number of ether oxygens (including phenoxy) is 1. The topological polar surface area (TPSA) is 37.4 Å². The van der Waals surface area contributed by atoms with Gasteiger partial charge in [0, 0.05) is 44.1 Å². The summed E-state index contributed by atoms with van der Waals surface area (Å²) < 4.78 is 5.38. The van der Waals surface area contributed by atoms with E-state index in [1.165, 1.54) is 16.7 Å². The maximum Gasteiger partial charge on any atom is 0.0594 e. The molecular weight excluding hydrogens is 274 g/mol. The van der Waals surface area contributed by atoms with Gasteiger partial charge in [-0.3, -0.25) is 9.88 Å². The molecule has 0 radical (unpaired) electrons. The van der Waals surface area contributed by atoms with Crippen LogP contribution >= 0.6 is 0 Å². The van der Waals surface area contributed by atoms with E-state index in [1.54, 1.807) is 0 Å². The lowest BCUT2D eigenvalue weighted by Crippen LogP contribution is -2.35. The van der Waals surface area contributed by atoms with E-state index in [0.29, 0.717) is 0 Å². The Hall–Kier alpha value is -1.91. The number of aromatic nitrogens is 1. The highest BCUT2D eigenvalue weighted by molar-refractivity contribution is 5.70. The molecule has 1 aromatic heterocycles. The van der Waals surface area contributed by atoms with E-state index >= 15 is 0 Å². The van der Waals surface area contributed by atoms with Crippen LogP contribution in [0, 0.1) is 6.92 Å². The van der Waals surface area contributed by atoms with Crippen molar-refractivity contribution in [2.45, 2.75) is 13.5 Å². The molecule has 2 aromatic rings. The molecule has 116 valence electrons. The van der Waals surface area contributed by atoms with Crippen molar-refractivity contribution in [1.29, 1.82) is 0 Å². The van der Waals surface area contributed by atoms with Gasteiger partial charge in [0.15, 0.2) is 0 Å². The highest BCUT2D eigenvalue weighted by atomic mass is 16.5. The third-order valence-electron chi connectivity index (χ3n) is 4.15. The van der Waals surface area contributed by atoms with Crippen molar-refractivity contribution in [2.24, 2.45) is 0 Å². The van der Waals surface area contributed by atoms with E-state index in [0.717, 1.165) is 44.2 Å². The minimum absolute atomic E-state index is 0.827. The summed E-state index contributed by atoms with van der Waals surface area (Å²) in [5.41, 5.74) is 5.91. The number of morpholine rings is 1. The summed E-state index contributed by atoms with van der Waals surface area (Å²) in [5.74, 6) is 0. The fraction of sp³-hybridized carbons (Fsp3) is 0.389. The van der Waals surface area contributed by atoms with Gasteiger partial charge < -0.3 is 10.1 Å². The van der Waals surface area contributed by atoms with Crippen molar-refractivity contribution in [3.8, 4) is 11.1 Å². The molecule has 4 heteroatoms.